The number of anilines is 1. The predicted octanol–water partition coefficient (Wildman–Crippen LogP) is -0.741. The van der Waals surface area contributed by atoms with Gasteiger partial charge in [-0.15, -0.1) is 5.10 Å². The molecule has 1 unspecified atom stereocenters. The van der Waals surface area contributed by atoms with E-state index in [1.807, 2.05) is 0 Å². The fourth-order valence-corrected chi connectivity index (χ4v) is 2.50. The number of hydrogen-bond acceptors (Lipinski definition) is 6. The van der Waals surface area contributed by atoms with E-state index < -0.39 is 11.2 Å². The van der Waals surface area contributed by atoms with E-state index >= 15 is 0 Å². The van der Waals surface area contributed by atoms with Crippen molar-refractivity contribution in [3.63, 3.8) is 0 Å². The molecule has 1 fully saturated rings. The van der Waals surface area contributed by atoms with Crippen molar-refractivity contribution in [2.45, 2.75) is 19.8 Å². The Balaban J connectivity index is 2.28. The van der Waals surface area contributed by atoms with Gasteiger partial charge in [0.1, 0.15) is 0 Å². The molecule has 0 amide bonds. The number of nitrogens with zero attached hydrogens (tertiary/aromatic N) is 4. The number of ether oxygens (including phenoxy) is 1. The molecule has 1 atom stereocenters. The van der Waals surface area contributed by atoms with Crippen LogP contribution in [-0.4, -0.2) is 40.0 Å². The van der Waals surface area contributed by atoms with Gasteiger partial charge in [-0.3, -0.25) is 14.2 Å². The smallest absolute Gasteiger partial charge is 0.346 e. The van der Waals surface area contributed by atoms with E-state index in [1.165, 1.54) is 14.1 Å². The van der Waals surface area contributed by atoms with Crippen molar-refractivity contribution >= 4 is 11.8 Å². The van der Waals surface area contributed by atoms with Crippen LogP contribution >= 0.6 is 0 Å². The molecule has 1 aliphatic rings. The van der Waals surface area contributed by atoms with Gasteiger partial charge in [0.15, 0.2) is 0 Å². The van der Waals surface area contributed by atoms with Crippen LogP contribution in [0.15, 0.2) is 9.59 Å². The van der Waals surface area contributed by atoms with Crippen LogP contribution in [0.4, 0.5) is 5.82 Å². The predicted molar refractivity (Wildman–Crippen MR) is 76.3 cm³/mol. The summed E-state index contributed by atoms with van der Waals surface area (Å²) in [5.41, 5.74) is -0.912. The first-order valence-electron chi connectivity index (χ1n) is 7.01. The summed E-state index contributed by atoms with van der Waals surface area (Å²) in [4.78, 5) is 37.4. The lowest BCUT2D eigenvalue weighted by molar-refractivity contribution is -0.148. The van der Waals surface area contributed by atoms with Crippen molar-refractivity contribution in [3.8, 4) is 0 Å². The van der Waals surface area contributed by atoms with Crippen LogP contribution in [0.2, 0.25) is 0 Å². The molecule has 21 heavy (non-hydrogen) atoms. The average Bonchev–Trinajstić information content (AvgIpc) is 2.49. The lowest BCUT2D eigenvalue weighted by Gasteiger charge is -2.31. The third kappa shape index (κ3) is 2.98. The van der Waals surface area contributed by atoms with Crippen molar-refractivity contribution in [2.75, 3.05) is 24.6 Å². The van der Waals surface area contributed by atoms with Crippen LogP contribution < -0.4 is 16.1 Å². The molecule has 0 bridgehead atoms. The fraction of sp³-hybridized carbons (Fsp3) is 0.692. The number of aryl methyl sites for hydroxylation is 1. The van der Waals surface area contributed by atoms with Gasteiger partial charge in [0.2, 0.25) is 5.82 Å². The minimum Gasteiger partial charge on any atom is -0.466 e. The van der Waals surface area contributed by atoms with Gasteiger partial charge in [0.25, 0.3) is 5.56 Å². The van der Waals surface area contributed by atoms with E-state index in [9.17, 15) is 14.4 Å². The van der Waals surface area contributed by atoms with E-state index in [0.717, 1.165) is 22.1 Å². The molecule has 0 aromatic carbocycles. The Kier molecular flexibility index (Phi) is 4.44. The van der Waals surface area contributed by atoms with Crippen molar-refractivity contribution in [1.29, 1.82) is 0 Å². The van der Waals surface area contributed by atoms with E-state index in [0.29, 0.717) is 19.7 Å². The summed E-state index contributed by atoms with van der Waals surface area (Å²) in [7, 11) is 2.92. The quantitative estimate of drug-likeness (QED) is 0.683. The lowest BCUT2D eigenvalue weighted by Crippen LogP contribution is -2.47. The first kappa shape index (κ1) is 15.3. The summed E-state index contributed by atoms with van der Waals surface area (Å²) in [5.74, 6) is -0.306. The Hall–Kier alpha value is -2.12. The topological polar surface area (TPSA) is 86.4 Å². The molecular formula is C13H20N4O4. The molecule has 1 aliphatic heterocycles. The normalized spacial score (nSPS) is 18.6. The number of hydrogen-bond donors (Lipinski definition) is 0. The van der Waals surface area contributed by atoms with Gasteiger partial charge in [-0.1, -0.05) is 0 Å². The zero-order valence-corrected chi connectivity index (χ0v) is 12.5. The van der Waals surface area contributed by atoms with Crippen LogP contribution in [0.3, 0.4) is 0 Å². The third-order valence-corrected chi connectivity index (χ3v) is 3.65. The van der Waals surface area contributed by atoms with Crippen molar-refractivity contribution in [1.82, 2.24) is 14.3 Å². The number of rotatable bonds is 3. The van der Waals surface area contributed by atoms with Crippen molar-refractivity contribution < 1.29 is 9.53 Å². The Morgan fingerprint density at radius 2 is 2.10 bits per heavy atom. The highest BCUT2D eigenvalue weighted by Gasteiger charge is 2.29. The molecule has 0 radical (unpaired) electrons. The Morgan fingerprint density at radius 3 is 2.76 bits per heavy atom. The summed E-state index contributed by atoms with van der Waals surface area (Å²) in [6.07, 6.45) is 1.51. The maximum Gasteiger partial charge on any atom is 0.346 e. The molecule has 2 rings (SSSR count). The minimum atomic E-state index is -0.470. The van der Waals surface area contributed by atoms with Gasteiger partial charge in [-0.05, 0) is 19.8 Å². The second-order valence-electron chi connectivity index (χ2n) is 5.13. The molecule has 0 spiro atoms. The molecule has 0 saturated carbocycles. The van der Waals surface area contributed by atoms with Gasteiger partial charge < -0.3 is 9.64 Å². The number of esters is 1. The zero-order chi connectivity index (χ0) is 15.6. The summed E-state index contributed by atoms with van der Waals surface area (Å²) in [6, 6.07) is 0. The number of carbonyl (C=O) groups is 1. The van der Waals surface area contributed by atoms with Crippen LogP contribution in [0.1, 0.15) is 19.8 Å². The molecule has 116 valence electrons. The van der Waals surface area contributed by atoms with E-state index in [2.05, 4.69) is 5.10 Å². The summed E-state index contributed by atoms with van der Waals surface area (Å²) in [6.45, 7) is 3.13. The summed E-state index contributed by atoms with van der Waals surface area (Å²) in [5, 5.41) is 4.04. The van der Waals surface area contributed by atoms with Crippen LogP contribution in [0, 0.1) is 5.92 Å². The SMILES string of the molecule is CCOC(=O)C1CCCN(c2nn(C)c(=O)n(C)c2=O)C1. The number of carbonyl (C=O) groups excluding carboxylic acids is 1. The standard InChI is InChI=1S/C13H20N4O4/c1-4-21-12(19)9-6-5-7-17(8-9)10-11(18)15(2)13(20)16(3)14-10/h9H,4-8H2,1-3H3. The summed E-state index contributed by atoms with van der Waals surface area (Å²) >= 11 is 0. The minimum absolute atomic E-state index is 0.202. The molecule has 0 aliphatic carbocycles. The lowest BCUT2D eigenvalue weighted by atomic mass is 9.98. The Labute approximate surface area is 121 Å². The van der Waals surface area contributed by atoms with E-state index in [4.69, 9.17) is 4.74 Å². The summed E-state index contributed by atoms with van der Waals surface area (Å²) < 4.78 is 7.19. The van der Waals surface area contributed by atoms with E-state index in [-0.39, 0.29) is 17.7 Å². The maximum absolute atomic E-state index is 12.2. The first-order valence-corrected chi connectivity index (χ1v) is 7.01. The van der Waals surface area contributed by atoms with Crippen molar-refractivity contribution in [2.24, 2.45) is 20.0 Å². The van der Waals surface area contributed by atoms with Crippen LogP contribution in [0.25, 0.3) is 0 Å². The van der Waals surface area contributed by atoms with Gasteiger partial charge in [-0.25, -0.2) is 9.48 Å². The number of piperidine rings is 1. The first-order chi connectivity index (χ1) is 9.95. The second kappa shape index (κ2) is 6.11. The maximum atomic E-state index is 12.2. The largest absolute Gasteiger partial charge is 0.466 e. The van der Waals surface area contributed by atoms with Gasteiger partial charge in [0, 0.05) is 27.2 Å². The molecule has 8 nitrogen and oxygen atoms in total. The third-order valence-electron chi connectivity index (χ3n) is 3.65. The average molecular weight is 296 g/mol. The molecule has 1 aromatic heterocycles. The second-order valence-corrected chi connectivity index (χ2v) is 5.13. The van der Waals surface area contributed by atoms with Crippen molar-refractivity contribution in [3.05, 3.63) is 20.8 Å². The molecule has 2 heterocycles. The molecule has 1 aromatic rings. The van der Waals surface area contributed by atoms with Gasteiger partial charge in [-0.2, -0.15) is 0 Å². The molecule has 8 heteroatoms. The zero-order valence-electron chi connectivity index (χ0n) is 12.5. The highest BCUT2D eigenvalue weighted by molar-refractivity contribution is 5.73. The Bertz CT molecular complexity index is 649. The van der Waals surface area contributed by atoms with Gasteiger partial charge in [0.05, 0.1) is 12.5 Å². The van der Waals surface area contributed by atoms with E-state index in [1.54, 1.807) is 11.8 Å². The molecule has 1 saturated heterocycles. The van der Waals surface area contributed by atoms with Crippen LogP contribution in [-0.2, 0) is 23.6 Å². The Morgan fingerprint density at radius 1 is 1.38 bits per heavy atom. The monoisotopic (exact) mass is 296 g/mol. The van der Waals surface area contributed by atoms with Crippen LogP contribution in [0.5, 0.6) is 0 Å². The highest BCUT2D eigenvalue weighted by Crippen LogP contribution is 2.20. The van der Waals surface area contributed by atoms with Gasteiger partial charge >= 0.3 is 11.7 Å². The molecule has 0 N–H and O–H groups in total. The molecular weight excluding hydrogens is 276 g/mol. The highest BCUT2D eigenvalue weighted by atomic mass is 16.5. The fourth-order valence-electron chi connectivity index (χ4n) is 2.50. The number of aromatic nitrogens is 3.